The van der Waals surface area contributed by atoms with E-state index in [9.17, 15) is 18.4 Å². The lowest BCUT2D eigenvalue weighted by Gasteiger charge is -2.29. The molecule has 0 atom stereocenters. The number of hydrogen-bond acceptors (Lipinski definition) is 4. The number of carbonyl (C=O) groups excluding carboxylic acids is 1. The van der Waals surface area contributed by atoms with Gasteiger partial charge in [0.1, 0.15) is 11.5 Å². The van der Waals surface area contributed by atoms with Crippen molar-refractivity contribution in [2.24, 2.45) is 0 Å². The van der Waals surface area contributed by atoms with E-state index in [0.717, 1.165) is 25.7 Å². The molecular weight excluding hydrogens is 398 g/mol. The third-order valence-electron chi connectivity index (χ3n) is 4.75. The molecular formula is C21H22F2N2O5. The molecule has 0 heterocycles. The van der Waals surface area contributed by atoms with Crippen LogP contribution >= 0.6 is 0 Å². The Morgan fingerprint density at radius 3 is 2.10 bits per heavy atom. The zero-order valence-electron chi connectivity index (χ0n) is 16.0. The van der Waals surface area contributed by atoms with Gasteiger partial charge in [0.05, 0.1) is 11.7 Å². The van der Waals surface area contributed by atoms with Crippen molar-refractivity contribution in [2.75, 3.05) is 5.32 Å². The fraction of sp³-hybridized carbons (Fsp3) is 0.333. The molecule has 1 saturated carbocycles. The molecule has 0 aliphatic heterocycles. The van der Waals surface area contributed by atoms with Crippen molar-refractivity contribution < 1.29 is 33.0 Å². The van der Waals surface area contributed by atoms with E-state index in [1.54, 1.807) is 12.1 Å². The maximum absolute atomic E-state index is 12.2. The number of nitrogens with one attached hydrogen (secondary N) is 2. The minimum atomic E-state index is -2.89. The number of halogens is 2. The molecule has 9 heteroatoms. The van der Waals surface area contributed by atoms with E-state index in [2.05, 4.69) is 15.4 Å². The molecule has 0 aromatic heterocycles. The molecule has 1 aliphatic rings. The van der Waals surface area contributed by atoms with Crippen LogP contribution in [0, 0.1) is 0 Å². The molecule has 7 nitrogen and oxygen atoms in total. The minimum Gasteiger partial charge on any atom is -0.490 e. The highest BCUT2D eigenvalue weighted by Gasteiger charge is 2.23. The van der Waals surface area contributed by atoms with Gasteiger partial charge < -0.3 is 25.2 Å². The van der Waals surface area contributed by atoms with Crippen LogP contribution in [0.25, 0.3) is 0 Å². The van der Waals surface area contributed by atoms with Gasteiger partial charge in [-0.25, -0.2) is 9.59 Å². The lowest BCUT2D eigenvalue weighted by molar-refractivity contribution is -0.0498. The Hall–Kier alpha value is -3.36. The molecule has 0 unspecified atom stereocenters. The van der Waals surface area contributed by atoms with Crippen LogP contribution in [0.1, 0.15) is 36.0 Å². The number of alkyl halides is 2. The van der Waals surface area contributed by atoms with Crippen LogP contribution in [-0.4, -0.2) is 35.9 Å². The molecule has 0 radical (unpaired) electrons. The van der Waals surface area contributed by atoms with Crippen LogP contribution in [0.3, 0.4) is 0 Å². The highest BCUT2D eigenvalue weighted by atomic mass is 19.3. The molecule has 2 aromatic rings. The molecule has 0 saturated heterocycles. The molecule has 0 spiro atoms. The third kappa shape index (κ3) is 6.33. The van der Waals surface area contributed by atoms with Crippen molar-refractivity contribution in [1.82, 2.24) is 5.32 Å². The van der Waals surface area contributed by atoms with E-state index < -0.39 is 12.6 Å². The van der Waals surface area contributed by atoms with Crippen molar-refractivity contribution in [3.8, 4) is 11.5 Å². The fourth-order valence-electron chi connectivity index (χ4n) is 3.27. The number of benzene rings is 2. The van der Waals surface area contributed by atoms with Gasteiger partial charge in [0.25, 0.3) is 0 Å². The number of amides is 2. The third-order valence-corrected chi connectivity index (χ3v) is 4.75. The van der Waals surface area contributed by atoms with E-state index in [0.29, 0.717) is 11.4 Å². The summed E-state index contributed by atoms with van der Waals surface area (Å²) in [4.78, 5) is 23.0. The number of rotatable bonds is 7. The van der Waals surface area contributed by atoms with E-state index in [1.165, 1.54) is 36.4 Å². The first kappa shape index (κ1) is 21.4. The largest absolute Gasteiger partial charge is 0.490 e. The first-order valence-corrected chi connectivity index (χ1v) is 9.51. The van der Waals surface area contributed by atoms with Crippen LogP contribution in [0.5, 0.6) is 11.5 Å². The first-order chi connectivity index (χ1) is 14.4. The van der Waals surface area contributed by atoms with Gasteiger partial charge in [0.2, 0.25) is 0 Å². The number of carboxylic acids is 1. The monoisotopic (exact) mass is 420 g/mol. The predicted molar refractivity (Wildman–Crippen MR) is 105 cm³/mol. The average Bonchev–Trinajstić information content (AvgIpc) is 2.71. The quantitative estimate of drug-likeness (QED) is 0.613. The van der Waals surface area contributed by atoms with Crippen LogP contribution in [0.15, 0.2) is 48.5 Å². The van der Waals surface area contributed by atoms with Gasteiger partial charge >= 0.3 is 18.6 Å². The van der Waals surface area contributed by atoms with E-state index in [4.69, 9.17) is 9.84 Å². The second kappa shape index (κ2) is 9.91. The molecule has 3 N–H and O–H groups in total. The van der Waals surface area contributed by atoms with Gasteiger partial charge in [0.15, 0.2) is 0 Å². The Morgan fingerprint density at radius 1 is 0.933 bits per heavy atom. The fourth-order valence-corrected chi connectivity index (χ4v) is 3.27. The van der Waals surface area contributed by atoms with Gasteiger partial charge in [-0.1, -0.05) is 0 Å². The number of ether oxygens (including phenoxy) is 2. The Kier molecular flexibility index (Phi) is 7.05. The molecule has 1 fully saturated rings. The van der Waals surface area contributed by atoms with Crippen molar-refractivity contribution >= 4 is 17.7 Å². The summed E-state index contributed by atoms with van der Waals surface area (Å²) in [7, 11) is 0. The number of aromatic carboxylic acids is 1. The van der Waals surface area contributed by atoms with Gasteiger partial charge in [-0.2, -0.15) is 8.78 Å². The minimum absolute atomic E-state index is 0.000626. The zero-order valence-corrected chi connectivity index (χ0v) is 16.0. The molecule has 3 rings (SSSR count). The van der Waals surface area contributed by atoms with Crippen LogP contribution in [-0.2, 0) is 0 Å². The average molecular weight is 420 g/mol. The van der Waals surface area contributed by atoms with Crippen molar-refractivity contribution in [3.63, 3.8) is 0 Å². The standard InChI is InChI=1S/C21H22F2N2O5/c22-20(23)30-18-11-5-15(6-12-18)25-21(28)24-14-3-9-17(10-4-14)29-16-7-1-13(2-8-16)19(26)27/h1-2,5-8,11-12,14,17,20H,3-4,9-10H2,(H,26,27)(H2,24,25,28)/t14-,17-. The highest BCUT2D eigenvalue weighted by molar-refractivity contribution is 5.89. The van der Waals surface area contributed by atoms with Crippen molar-refractivity contribution in [1.29, 1.82) is 0 Å². The summed E-state index contributed by atoms with van der Waals surface area (Å²) in [6, 6.07) is 11.6. The summed E-state index contributed by atoms with van der Waals surface area (Å²) < 4.78 is 34.5. The Labute approximate surface area is 172 Å². The number of carboxylic acid groups (broad SMARTS) is 1. The lowest BCUT2D eigenvalue weighted by Crippen LogP contribution is -2.41. The topological polar surface area (TPSA) is 96.9 Å². The molecule has 2 aromatic carbocycles. The predicted octanol–water partition coefficient (Wildman–Crippen LogP) is 4.50. The molecule has 1 aliphatic carbocycles. The van der Waals surface area contributed by atoms with Crippen LogP contribution < -0.4 is 20.1 Å². The van der Waals surface area contributed by atoms with Gasteiger partial charge in [-0.15, -0.1) is 0 Å². The molecule has 30 heavy (non-hydrogen) atoms. The van der Waals surface area contributed by atoms with Gasteiger partial charge in [0, 0.05) is 11.7 Å². The lowest BCUT2D eigenvalue weighted by atomic mass is 9.93. The highest BCUT2D eigenvalue weighted by Crippen LogP contribution is 2.24. The van der Waals surface area contributed by atoms with Crippen LogP contribution in [0.4, 0.5) is 19.3 Å². The van der Waals surface area contributed by atoms with Crippen molar-refractivity contribution in [2.45, 2.75) is 44.4 Å². The summed E-state index contributed by atoms with van der Waals surface area (Å²) in [6.07, 6.45) is 3.00. The van der Waals surface area contributed by atoms with Gasteiger partial charge in [-0.3, -0.25) is 0 Å². The maximum atomic E-state index is 12.2. The summed E-state index contributed by atoms with van der Waals surface area (Å²) in [6.45, 7) is -2.89. The summed E-state index contributed by atoms with van der Waals surface area (Å²) in [5.41, 5.74) is 0.674. The summed E-state index contributed by atoms with van der Waals surface area (Å²) in [5, 5.41) is 14.5. The second-order valence-corrected chi connectivity index (χ2v) is 6.92. The summed E-state index contributed by atoms with van der Waals surface area (Å²) >= 11 is 0. The number of urea groups is 1. The van der Waals surface area contributed by atoms with E-state index in [1.807, 2.05) is 0 Å². The first-order valence-electron chi connectivity index (χ1n) is 9.51. The normalized spacial score (nSPS) is 18.5. The Balaban J connectivity index is 1.40. The summed E-state index contributed by atoms with van der Waals surface area (Å²) in [5.74, 6) is -0.343. The SMILES string of the molecule is O=C(Nc1ccc(OC(F)F)cc1)N[C@H]1CC[C@H](Oc2ccc(C(=O)O)cc2)CC1. The Morgan fingerprint density at radius 2 is 1.53 bits per heavy atom. The maximum Gasteiger partial charge on any atom is 0.387 e. The Bertz CT molecular complexity index is 851. The van der Waals surface area contributed by atoms with Crippen molar-refractivity contribution in [3.05, 3.63) is 54.1 Å². The second-order valence-electron chi connectivity index (χ2n) is 6.92. The number of carbonyl (C=O) groups is 2. The van der Waals surface area contributed by atoms with Crippen LogP contribution in [0.2, 0.25) is 0 Å². The molecule has 2 amide bonds. The number of hydrogen-bond donors (Lipinski definition) is 3. The smallest absolute Gasteiger partial charge is 0.387 e. The molecule has 0 bridgehead atoms. The van der Waals surface area contributed by atoms with Gasteiger partial charge in [-0.05, 0) is 74.2 Å². The number of anilines is 1. The van der Waals surface area contributed by atoms with E-state index in [-0.39, 0.29) is 29.5 Å². The van der Waals surface area contributed by atoms with E-state index >= 15 is 0 Å². The molecule has 160 valence electrons. The zero-order chi connectivity index (χ0) is 21.5.